The minimum atomic E-state index is -0.715. The van der Waals surface area contributed by atoms with Crippen molar-refractivity contribution in [2.45, 2.75) is 77.9 Å². The fourth-order valence-electron chi connectivity index (χ4n) is 5.77. The van der Waals surface area contributed by atoms with Crippen molar-refractivity contribution in [2.24, 2.45) is 0 Å². The number of ether oxygens (including phenoxy) is 2. The number of fused-ring (bicyclic) bond motifs is 1. The number of morpholine rings is 1. The van der Waals surface area contributed by atoms with Crippen molar-refractivity contribution in [3.63, 3.8) is 0 Å². The largest absolute Gasteiger partial charge is 0.389 e. The van der Waals surface area contributed by atoms with Gasteiger partial charge in [0.15, 0.2) is 5.43 Å². The lowest BCUT2D eigenvalue weighted by Crippen LogP contribution is -2.49. The molecule has 4 heterocycles. The van der Waals surface area contributed by atoms with Gasteiger partial charge < -0.3 is 24.5 Å². The monoisotopic (exact) mass is 573 g/mol. The van der Waals surface area contributed by atoms with Crippen LogP contribution in [0.4, 0.5) is 10.3 Å². The molecule has 0 bridgehead atoms. The molecule has 40 heavy (non-hydrogen) atoms. The lowest BCUT2D eigenvalue weighted by molar-refractivity contribution is -0.0420. The molecule has 5 rings (SSSR count). The second-order valence-electron chi connectivity index (χ2n) is 11.2. The number of halogens is 2. The van der Waals surface area contributed by atoms with Crippen LogP contribution in [0.2, 0.25) is 5.02 Å². The smallest absolute Gasteiger partial charge is 0.223 e. The van der Waals surface area contributed by atoms with Crippen molar-refractivity contribution >= 4 is 28.5 Å². The standard InChI is InChI=1S/C29H37ClFN5O4/c1-15(2)36-24-9-19(27-21(30)10-32-29(34-27)33-23-6-7-39-14-26(23)37)22(31)8-20(24)28(38)18(5)25(36)11-35-16(3)12-40-13-17(35)4/h8-10,15-17,23,26,37H,6-7,11-14H2,1-5H3,(H,32,33,34)/t16-,17+,23-,26-/m1/s1. The quantitative estimate of drug-likeness (QED) is 0.450. The second-order valence-corrected chi connectivity index (χ2v) is 11.6. The highest BCUT2D eigenvalue weighted by Crippen LogP contribution is 2.33. The van der Waals surface area contributed by atoms with Crippen molar-refractivity contribution in [1.82, 2.24) is 19.4 Å². The Hall–Kier alpha value is -2.63. The van der Waals surface area contributed by atoms with Gasteiger partial charge in [-0.1, -0.05) is 11.6 Å². The fraction of sp³-hybridized carbons (Fsp3) is 0.552. The average Bonchev–Trinajstić information content (AvgIpc) is 2.91. The molecule has 0 spiro atoms. The van der Waals surface area contributed by atoms with Crippen LogP contribution in [0, 0.1) is 12.7 Å². The summed E-state index contributed by atoms with van der Waals surface area (Å²) in [5.41, 5.74) is 2.32. The Labute approximate surface area is 238 Å². The third-order valence-electron chi connectivity index (χ3n) is 7.99. The van der Waals surface area contributed by atoms with Gasteiger partial charge in [-0.15, -0.1) is 0 Å². The molecule has 2 aliphatic rings. The van der Waals surface area contributed by atoms with Crippen molar-refractivity contribution < 1.29 is 19.0 Å². The van der Waals surface area contributed by atoms with E-state index >= 15 is 4.39 Å². The number of aromatic nitrogens is 3. The van der Waals surface area contributed by atoms with E-state index in [1.54, 1.807) is 6.07 Å². The van der Waals surface area contributed by atoms with Gasteiger partial charge in [-0.05, 0) is 53.2 Å². The summed E-state index contributed by atoms with van der Waals surface area (Å²) in [4.78, 5) is 24.7. The van der Waals surface area contributed by atoms with Gasteiger partial charge in [0.2, 0.25) is 5.95 Å². The molecule has 0 amide bonds. The Morgan fingerprint density at radius 1 is 1.20 bits per heavy atom. The van der Waals surface area contributed by atoms with Gasteiger partial charge in [0, 0.05) is 53.5 Å². The number of anilines is 1. The van der Waals surface area contributed by atoms with E-state index in [1.165, 1.54) is 12.3 Å². The maximum Gasteiger partial charge on any atom is 0.223 e. The highest BCUT2D eigenvalue weighted by Gasteiger charge is 2.29. The molecule has 0 saturated carbocycles. The minimum absolute atomic E-state index is 0.00475. The summed E-state index contributed by atoms with van der Waals surface area (Å²) in [5, 5.41) is 13.9. The van der Waals surface area contributed by atoms with Crippen LogP contribution in [-0.4, -0.2) is 75.2 Å². The highest BCUT2D eigenvalue weighted by molar-refractivity contribution is 6.33. The molecule has 2 saturated heterocycles. The minimum Gasteiger partial charge on any atom is -0.389 e. The summed E-state index contributed by atoms with van der Waals surface area (Å²) < 4.78 is 28.8. The van der Waals surface area contributed by atoms with E-state index in [4.69, 9.17) is 21.1 Å². The first-order valence-electron chi connectivity index (χ1n) is 13.8. The molecule has 2 aromatic heterocycles. The van der Waals surface area contributed by atoms with Crippen LogP contribution in [0.5, 0.6) is 0 Å². The Morgan fingerprint density at radius 3 is 2.60 bits per heavy atom. The van der Waals surface area contributed by atoms with Crippen molar-refractivity contribution in [2.75, 3.05) is 31.7 Å². The van der Waals surface area contributed by atoms with E-state index in [9.17, 15) is 9.90 Å². The number of benzene rings is 1. The molecule has 2 N–H and O–H groups in total. The molecule has 2 aliphatic heterocycles. The molecule has 9 nitrogen and oxygen atoms in total. The van der Waals surface area contributed by atoms with Crippen molar-refractivity contribution in [3.8, 4) is 11.3 Å². The van der Waals surface area contributed by atoms with Crippen LogP contribution in [0.15, 0.2) is 23.1 Å². The summed E-state index contributed by atoms with van der Waals surface area (Å²) in [6.45, 7) is 12.7. The van der Waals surface area contributed by atoms with Gasteiger partial charge in [0.05, 0.1) is 54.4 Å². The Bertz CT molecular complexity index is 1450. The first-order valence-corrected chi connectivity index (χ1v) is 14.2. The van der Waals surface area contributed by atoms with Gasteiger partial charge >= 0.3 is 0 Å². The number of nitrogens with zero attached hydrogens (tertiary/aromatic N) is 4. The zero-order chi connectivity index (χ0) is 28.7. The number of nitrogens with one attached hydrogen (secondary N) is 1. The lowest BCUT2D eigenvalue weighted by Gasteiger charge is -2.39. The Balaban J connectivity index is 1.63. The maximum atomic E-state index is 15.7. The van der Waals surface area contributed by atoms with E-state index in [-0.39, 0.29) is 58.4 Å². The van der Waals surface area contributed by atoms with Crippen molar-refractivity contribution in [3.05, 3.63) is 50.7 Å². The molecular weight excluding hydrogens is 537 g/mol. The third-order valence-corrected chi connectivity index (χ3v) is 8.27. The van der Waals surface area contributed by atoms with Crippen molar-refractivity contribution in [1.29, 1.82) is 0 Å². The van der Waals surface area contributed by atoms with E-state index in [1.807, 2.05) is 6.92 Å². The van der Waals surface area contributed by atoms with E-state index in [0.717, 1.165) is 5.69 Å². The van der Waals surface area contributed by atoms with Gasteiger partial charge in [0.25, 0.3) is 0 Å². The van der Waals surface area contributed by atoms with Crippen LogP contribution in [-0.2, 0) is 16.0 Å². The number of pyridine rings is 1. The molecule has 2 fully saturated rings. The summed E-state index contributed by atoms with van der Waals surface area (Å²) in [6, 6.07) is 3.04. The molecule has 216 valence electrons. The second kappa shape index (κ2) is 11.7. The summed E-state index contributed by atoms with van der Waals surface area (Å²) in [7, 11) is 0. The number of rotatable bonds is 6. The molecular formula is C29H37ClFN5O4. The molecule has 11 heteroatoms. The fourth-order valence-corrected chi connectivity index (χ4v) is 5.96. The van der Waals surface area contributed by atoms with E-state index < -0.39 is 11.9 Å². The Morgan fingerprint density at radius 2 is 1.93 bits per heavy atom. The first kappa shape index (κ1) is 28.9. The maximum absolute atomic E-state index is 15.7. The lowest BCUT2D eigenvalue weighted by atomic mass is 10.0. The summed E-state index contributed by atoms with van der Waals surface area (Å²) in [5.74, 6) is -0.369. The molecule has 0 unspecified atom stereocenters. The first-order chi connectivity index (χ1) is 19.1. The van der Waals surface area contributed by atoms with Gasteiger partial charge in [-0.2, -0.15) is 0 Å². The number of hydrogen-bond donors (Lipinski definition) is 2. The van der Waals surface area contributed by atoms with Crippen LogP contribution in [0.1, 0.15) is 51.4 Å². The van der Waals surface area contributed by atoms with E-state index in [0.29, 0.717) is 49.3 Å². The molecule has 0 aliphatic carbocycles. The van der Waals surface area contributed by atoms with Crippen LogP contribution < -0.4 is 10.7 Å². The summed E-state index contributed by atoms with van der Waals surface area (Å²) in [6.07, 6.45) is 1.28. The third kappa shape index (κ3) is 5.47. The molecule has 3 aromatic rings. The van der Waals surface area contributed by atoms with Gasteiger partial charge in [-0.3, -0.25) is 9.69 Å². The average molecular weight is 574 g/mol. The van der Waals surface area contributed by atoms with Crippen LogP contribution in [0.25, 0.3) is 22.2 Å². The van der Waals surface area contributed by atoms with Gasteiger partial charge in [0.1, 0.15) is 5.82 Å². The molecule has 4 atom stereocenters. The number of aliphatic hydroxyl groups excluding tert-OH is 1. The zero-order valence-corrected chi connectivity index (χ0v) is 24.3. The number of aliphatic hydroxyl groups is 1. The van der Waals surface area contributed by atoms with E-state index in [2.05, 4.69) is 52.4 Å². The van der Waals surface area contributed by atoms with Crippen LogP contribution >= 0.6 is 11.6 Å². The Kier molecular flexibility index (Phi) is 8.45. The highest BCUT2D eigenvalue weighted by atomic mass is 35.5. The topological polar surface area (TPSA) is 102 Å². The SMILES string of the molecule is Cc1c(CN2[C@H](C)COC[C@@H]2C)n(C(C)C)c2cc(-c3nc(N[C@@H]4CCOC[C@H]4O)ncc3Cl)c(F)cc2c1=O. The normalized spacial score (nSPS) is 24.1. The van der Waals surface area contributed by atoms with Crippen LogP contribution in [0.3, 0.4) is 0 Å². The molecule has 0 radical (unpaired) electrons. The van der Waals surface area contributed by atoms with Gasteiger partial charge in [-0.25, -0.2) is 14.4 Å². The number of hydrogen-bond acceptors (Lipinski definition) is 8. The molecule has 1 aromatic carbocycles. The zero-order valence-electron chi connectivity index (χ0n) is 23.6. The predicted octanol–water partition coefficient (Wildman–Crippen LogP) is 4.31. The predicted molar refractivity (Wildman–Crippen MR) is 153 cm³/mol. The summed E-state index contributed by atoms with van der Waals surface area (Å²) >= 11 is 6.50.